The monoisotopic (exact) mass is 387 g/mol. The van der Waals surface area contributed by atoms with Crippen molar-refractivity contribution in [3.63, 3.8) is 0 Å². The lowest BCUT2D eigenvalue weighted by molar-refractivity contribution is 0.537. The minimum absolute atomic E-state index is 0.229. The molecule has 3 aromatic rings. The molecule has 1 aromatic heterocycles. The molecule has 0 aliphatic rings. The van der Waals surface area contributed by atoms with Crippen LogP contribution in [-0.2, 0) is 16.4 Å². The van der Waals surface area contributed by atoms with Crippen LogP contribution in [0.5, 0.6) is 0 Å². The molecule has 0 aliphatic heterocycles. The van der Waals surface area contributed by atoms with E-state index in [0.717, 1.165) is 16.3 Å². The zero-order valence-electron chi connectivity index (χ0n) is 15.0. The molecule has 0 radical (unpaired) electrons. The summed E-state index contributed by atoms with van der Waals surface area (Å²) in [6.07, 6.45) is 4.01. The number of sulfonamides is 1. The van der Waals surface area contributed by atoms with Gasteiger partial charge >= 0.3 is 0 Å². The highest BCUT2D eigenvalue weighted by atomic mass is 32.2. The maximum Gasteiger partial charge on any atom is 0.240 e. The maximum absolute atomic E-state index is 13.1. The molecule has 5 nitrogen and oxygen atoms in total. The number of halogens is 1. The third-order valence-electron chi connectivity index (χ3n) is 4.21. The Hall–Kier alpha value is -2.35. The molecule has 2 N–H and O–H groups in total. The number of fused-ring (bicyclic) bond motifs is 1. The second-order valence-electron chi connectivity index (χ2n) is 6.49. The van der Waals surface area contributed by atoms with E-state index in [4.69, 9.17) is 0 Å². The first-order chi connectivity index (χ1) is 12.9. The van der Waals surface area contributed by atoms with Crippen molar-refractivity contribution < 1.29 is 12.8 Å². The van der Waals surface area contributed by atoms with Crippen LogP contribution in [0.1, 0.15) is 12.5 Å². The van der Waals surface area contributed by atoms with Crippen LogP contribution in [0.25, 0.3) is 10.8 Å². The molecule has 3 rings (SSSR count). The fourth-order valence-corrected chi connectivity index (χ4v) is 4.13. The Balaban J connectivity index is 1.53. The quantitative estimate of drug-likeness (QED) is 0.583. The van der Waals surface area contributed by atoms with Gasteiger partial charge in [0.15, 0.2) is 0 Å². The number of hydrogen-bond donors (Lipinski definition) is 2. The molecule has 142 valence electrons. The topological polar surface area (TPSA) is 71.1 Å². The van der Waals surface area contributed by atoms with Gasteiger partial charge in [-0.05, 0) is 61.2 Å². The first-order valence-corrected chi connectivity index (χ1v) is 10.2. The van der Waals surface area contributed by atoms with Crippen LogP contribution in [0.2, 0.25) is 0 Å². The molecule has 0 amide bonds. The molecule has 0 spiro atoms. The molecular weight excluding hydrogens is 365 g/mol. The van der Waals surface area contributed by atoms with Crippen LogP contribution in [0.15, 0.2) is 65.8 Å². The van der Waals surface area contributed by atoms with Crippen LogP contribution < -0.4 is 10.0 Å². The summed E-state index contributed by atoms with van der Waals surface area (Å²) < 4.78 is 41.0. The number of hydrogen-bond acceptors (Lipinski definition) is 4. The average molecular weight is 387 g/mol. The van der Waals surface area contributed by atoms with Crippen molar-refractivity contribution in [2.24, 2.45) is 0 Å². The van der Waals surface area contributed by atoms with Crippen LogP contribution in [-0.4, -0.2) is 32.5 Å². The summed E-state index contributed by atoms with van der Waals surface area (Å²) in [7, 11) is -3.61. The molecule has 1 heterocycles. The highest BCUT2D eigenvalue weighted by Gasteiger charge is 2.17. The van der Waals surface area contributed by atoms with Crippen LogP contribution in [0.4, 0.5) is 4.39 Å². The van der Waals surface area contributed by atoms with E-state index in [-0.39, 0.29) is 16.8 Å². The Bertz CT molecular complexity index is 1020. The van der Waals surface area contributed by atoms with Gasteiger partial charge in [0.2, 0.25) is 10.0 Å². The lowest BCUT2D eigenvalue weighted by Gasteiger charge is -2.15. The molecule has 0 aliphatic carbocycles. The van der Waals surface area contributed by atoms with Crippen molar-refractivity contribution in [3.05, 3.63) is 72.3 Å². The fraction of sp³-hybridized carbons (Fsp3) is 0.250. The summed E-state index contributed by atoms with van der Waals surface area (Å²) >= 11 is 0. The number of pyridine rings is 1. The van der Waals surface area contributed by atoms with Gasteiger partial charge in [-0.15, -0.1) is 0 Å². The van der Waals surface area contributed by atoms with Crippen molar-refractivity contribution in [1.82, 2.24) is 15.0 Å². The predicted molar refractivity (Wildman–Crippen MR) is 105 cm³/mol. The molecule has 7 heteroatoms. The van der Waals surface area contributed by atoms with Crippen molar-refractivity contribution >= 4 is 20.8 Å². The molecule has 27 heavy (non-hydrogen) atoms. The van der Waals surface area contributed by atoms with Crippen molar-refractivity contribution in [2.45, 2.75) is 24.3 Å². The molecule has 0 saturated carbocycles. The number of aromatic nitrogens is 1. The zero-order valence-corrected chi connectivity index (χ0v) is 15.8. The lowest BCUT2D eigenvalue weighted by Crippen LogP contribution is -2.40. The maximum atomic E-state index is 13.1. The number of benzene rings is 2. The van der Waals surface area contributed by atoms with Crippen molar-refractivity contribution in [2.75, 3.05) is 13.1 Å². The summed E-state index contributed by atoms with van der Waals surface area (Å²) in [4.78, 5) is 4.26. The minimum atomic E-state index is -3.61. The van der Waals surface area contributed by atoms with E-state index in [1.165, 1.54) is 12.1 Å². The van der Waals surface area contributed by atoms with E-state index in [9.17, 15) is 12.8 Å². The summed E-state index contributed by atoms with van der Waals surface area (Å²) in [6.45, 7) is 2.92. The van der Waals surface area contributed by atoms with E-state index in [0.29, 0.717) is 19.5 Å². The van der Waals surface area contributed by atoms with Gasteiger partial charge in [0.05, 0.1) is 4.90 Å². The fourth-order valence-electron chi connectivity index (χ4n) is 2.85. The van der Waals surface area contributed by atoms with Gasteiger partial charge in [0.1, 0.15) is 5.82 Å². The normalized spacial score (nSPS) is 13.0. The molecule has 0 bridgehead atoms. The summed E-state index contributed by atoms with van der Waals surface area (Å²) in [5, 5.41) is 4.92. The minimum Gasteiger partial charge on any atom is -0.315 e. The Labute approximate surface area is 158 Å². The van der Waals surface area contributed by atoms with E-state index in [1.807, 2.05) is 6.07 Å². The third kappa shape index (κ3) is 5.32. The number of rotatable bonds is 8. The van der Waals surface area contributed by atoms with Gasteiger partial charge in [0.25, 0.3) is 0 Å². The van der Waals surface area contributed by atoms with Gasteiger partial charge < -0.3 is 5.32 Å². The van der Waals surface area contributed by atoms with Crippen LogP contribution >= 0.6 is 0 Å². The molecular formula is C20H22FN3O2S. The molecule has 2 aromatic carbocycles. The van der Waals surface area contributed by atoms with Gasteiger partial charge in [-0.3, -0.25) is 4.98 Å². The Morgan fingerprint density at radius 1 is 1.11 bits per heavy atom. The highest BCUT2D eigenvalue weighted by molar-refractivity contribution is 7.89. The molecule has 0 fully saturated rings. The predicted octanol–water partition coefficient (Wildman–Crippen LogP) is 2.87. The van der Waals surface area contributed by atoms with Crippen LogP contribution in [0.3, 0.4) is 0 Å². The Kier molecular flexibility index (Phi) is 6.15. The number of nitrogens with one attached hydrogen (secondary N) is 2. The van der Waals surface area contributed by atoms with Crippen LogP contribution in [0, 0.1) is 5.82 Å². The standard InChI is InChI=1S/C20H22FN3O2S/c1-15(13-22-9-7-16-3-2-4-19(21)11-16)24-27(25,26)20-6-5-18-14-23-10-8-17(18)12-20/h2-6,8,10-12,14-15,22,24H,7,9,13H2,1H3. The first-order valence-electron chi connectivity index (χ1n) is 8.75. The Morgan fingerprint density at radius 3 is 2.78 bits per heavy atom. The first kappa shape index (κ1) is 19.4. The number of nitrogens with zero attached hydrogens (tertiary/aromatic N) is 1. The average Bonchev–Trinajstić information content (AvgIpc) is 2.64. The molecule has 0 saturated heterocycles. The zero-order chi connectivity index (χ0) is 19.3. The second-order valence-corrected chi connectivity index (χ2v) is 8.20. The van der Waals surface area contributed by atoms with E-state index >= 15 is 0 Å². The van der Waals surface area contributed by atoms with Gasteiger partial charge in [-0.2, -0.15) is 0 Å². The summed E-state index contributed by atoms with van der Waals surface area (Å²) in [6, 6.07) is 12.9. The van der Waals surface area contributed by atoms with Crippen molar-refractivity contribution in [1.29, 1.82) is 0 Å². The summed E-state index contributed by atoms with van der Waals surface area (Å²) in [5.41, 5.74) is 0.904. The van der Waals surface area contributed by atoms with Gasteiger partial charge in [-0.25, -0.2) is 17.5 Å². The molecule has 1 atom stereocenters. The second kappa shape index (κ2) is 8.56. The largest absolute Gasteiger partial charge is 0.315 e. The summed E-state index contributed by atoms with van der Waals surface area (Å²) in [5.74, 6) is -0.250. The van der Waals surface area contributed by atoms with E-state index in [1.54, 1.807) is 49.6 Å². The Morgan fingerprint density at radius 2 is 1.96 bits per heavy atom. The third-order valence-corrected chi connectivity index (χ3v) is 5.80. The smallest absolute Gasteiger partial charge is 0.240 e. The van der Waals surface area contributed by atoms with Gasteiger partial charge in [0, 0.05) is 30.4 Å². The molecule has 1 unspecified atom stereocenters. The lowest BCUT2D eigenvalue weighted by atomic mass is 10.1. The SMILES string of the molecule is CC(CNCCc1cccc(F)c1)NS(=O)(=O)c1ccc2cnccc2c1. The van der Waals surface area contributed by atoms with Gasteiger partial charge in [-0.1, -0.05) is 18.2 Å². The van der Waals surface area contributed by atoms with Crippen molar-refractivity contribution in [3.8, 4) is 0 Å². The van der Waals surface area contributed by atoms with E-state index < -0.39 is 10.0 Å². The van der Waals surface area contributed by atoms with E-state index in [2.05, 4.69) is 15.0 Å². The highest BCUT2D eigenvalue weighted by Crippen LogP contribution is 2.18.